The number of hydrogen-bond donors (Lipinski definition) is 0. The van der Waals surface area contributed by atoms with E-state index < -0.39 is 0 Å². The van der Waals surface area contributed by atoms with Crippen molar-refractivity contribution >= 4 is 38.4 Å². The second-order valence-electron chi connectivity index (χ2n) is 5.29. The number of nitro benzene ring substituents is 1. The zero-order chi connectivity index (χ0) is 15.5. The third kappa shape index (κ3) is 8.44. The maximum atomic E-state index is 10.9. The quantitative estimate of drug-likeness (QED) is 0.189. The summed E-state index contributed by atoms with van der Waals surface area (Å²) < 4.78 is -0.0911. The summed E-state index contributed by atoms with van der Waals surface area (Å²) in [7, 11) is -0.278. The van der Waals surface area contributed by atoms with Crippen molar-refractivity contribution < 1.29 is 4.92 Å². The Morgan fingerprint density at radius 1 is 1.05 bits per heavy atom. The van der Waals surface area contributed by atoms with Crippen molar-refractivity contribution in [3.05, 3.63) is 39.9 Å². The van der Waals surface area contributed by atoms with Gasteiger partial charge in [-0.15, -0.1) is 23.2 Å². The largest absolute Gasteiger partial charge is 0.272 e. The molecule has 1 aromatic carbocycles. The lowest BCUT2D eigenvalue weighted by atomic mass is 10.0. The fourth-order valence-corrected chi connectivity index (χ4v) is 4.27. The summed E-state index contributed by atoms with van der Waals surface area (Å²) in [6.45, 7) is 0. The Labute approximate surface area is 139 Å². The van der Waals surface area contributed by atoms with E-state index in [2.05, 4.69) is 0 Å². The molecule has 0 aromatic heterocycles. The third-order valence-corrected chi connectivity index (χ3v) is 6.21. The van der Waals surface area contributed by atoms with E-state index in [1.807, 2.05) is 12.1 Å². The molecule has 1 aromatic rings. The van der Waals surface area contributed by atoms with Gasteiger partial charge in [0.05, 0.1) is 18.9 Å². The second-order valence-corrected chi connectivity index (χ2v) is 9.70. The molecule has 0 fully saturated rings. The van der Waals surface area contributed by atoms with Gasteiger partial charge in [-0.05, 0) is 12.8 Å². The van der Waals surface area contributed by atoms with E-state index >= 15 is 0 Å². The molecule has 1 rings (SSSR count). The topological polar surface area (TPSA) is 43.1 Å². The molecule has 0 radical (unpaired) electrons. The van der Waals surface area contributed by atoms with Crippen LogP contribution in [0.25, 0.3) is 0 Å². The van der Waals surface area contributed by atoms with Crippen LogP contribution in [-0.2, 0) is 6.42 Å². The van der Waals surface area contributed by atoms with Gasteiger partial charge in [0.15, 0.2) is 0 Å². The van der Waals surface area contributed by atoms with Crippen molar-refractivity contribution in [3.8, 4) is 0 Å². The molecule has 0 aliphatic heterocycles. The lowest BCUT2D eigenvalue weighted by molar-refractivity contribution is -0.385. The molecule has 0 spiro atoms. The Morgan fingerprint density at radius 3 is 2.33 bits per heavy atom. The molecule has 0 aliphatic rings. The van der Waals surface area contributed by atoms with Crippen LogP contribution in [0.2, 0.25) is 6.04 Å². The Morgan fingerprint density at radius 2 is 1.67 bits per heavy atom. The fourth-order valence-electron chi connectivity index (χ4n) is 2.40. The van der Waals surface area contributed by atoms with E-state index in [0.29, 0.717) is 0 Å². The van der Waals surface area contributed by atoms with Crippen LogP contribution in [0.5, 0.6) is 0 Å². The van der Waals surface area contributed by atoms with Gasteiger partial charge < -0.3 is 0 Å². The molecule has 0 amide bonds. The van der Waals surface area contributed by atoms with Crippen molar-refractivity contribution in [3.63, 3.8) is 0 Å². The zero-order valence-corrected chi connectivity index (χ0v) is 15.2. The first-order valence-electron chi connectivity index (χ1n) is 7.61. The molecule has 0 N–H and O–H groups in total. The molecular weight excluding hydrogens is 325 g/mol. The van der Waals surface area contributed by atoms with E-state index in [0.717, 1.165) is 24.8 Å². The van der Waals surface area contributed by atoms with Crippen LogP contribution in [0, 0.1) is 10.1 Å². The number of hydrogen-bond acceptors (Lipinski definition) is 2. The molecule has 6 heteroatoms. The average Bonchev–Trinajstić information content (AvgIpc) is 2.45. The smallest absolute Gasteiger partial charge is 0.258 e. The van der Waals surface area contributed by atoms with E-state index in [9.17, 15) is 10.1 Å². The van der Waals surface area contributed by atoms with E-state index in [4.69, 9.17) is 23.2 Å². The SMILES string of the molecule is O=[N+]([O-])c1ccccc1CCCCCCCC[SiH2]C(Cl)Cl. The van der Waals surface area contributed by atoms with E-state index in [1.54, 1.807) is 12.1 Å². The first-order valence-corrected chi connectivity index (χ1v) is 10.3. The van der Waals surface area contributed by atoms with E-state index in [1.165, 1.54) is 31.7 Å². The summed E-state index contributed by atoms with van der Waals surface area (Å²) in [6, 6.07) is 8.26. The highest BCUT2D eigenvalue weighted by molar-refractivity contribution is 6.68. The predicted molar refractivity (Wildman–Crippen MR) is 93.3 cm³/mol. The van der Waals surface area contributed by atoms with Crippen LogP contribution in [0.4, 0.5) is 5.69 Å². The maximum Gasteiger partial charge on any atom is 0.272 e. The minimum atomic E-state index is -0.291. The van der Waals surface area contributed by atoms with Gasteiger partial charge in [-0.3, -0.25) is 10.1 Å². The Bertz CT molecular complexity index is 430. The Balaban J connectivity index is 2.08. The number of para-hydroxylation sites is 1. The first kappa shape index (κ1) is 18.5. The standard InChI is InChI=1S/C15H23Cl2NO2Si/c16-15(17)21-12-8-4-2-1-3-5-9-13-10-6-7-11-14(13)18(19)20/h6-7,10-11,15H,1-5,8-9,12,21H2. The van der Waals surface area contributed by atoms with Crippen LogP contribution >= 0.6 is 23.2 Å². The monoisotopic (exact) mass is 347 g/mol. The van der Waals surface area contributed by atoms with E-state index in [-0.39, 0.29) is 24.6 Å². The fraction of sp³-hybridized carbons (Fsp3) is 0.600. The number of halogens is 2. The Kier molecular flexibility index (Phi) is 9.71. The van der Waals surface area contributed by atoms with Gasteiger partial charge in [-0.25, -0.2) is 0 Å². The number of rotatable bonds is 11. The lowest BCUT2D eigenvalue weighted by Gasteiger charge is -2.04. The number of aryl methyl sites for hydroxylation is 1. The number of unbranched alkanes of at least 4 members (excludes halogenated alkanes) is 5. The van der Waals surface area contributed by atoms with Crippen LogP contribution in [-0.4, -0.2) is 18.9 Å². The molecule has 3 nitrogen and oxygen atoms in total. The molecule has 0 aliphatic carbocycles. The predicted octanol–water partition coefficient (Wildman–Crippen LogP) is 4.83. The molecule has 0 saturated heterocycles. The number of benzene rings is 1. The summed E-state index contributed by atoms with van der Waals surface area (Å²) in [6.07, 6.45) is 7.88. The van der Waals surface area contributed by atoms with Crippen molar-refractivity contribution in [1.82, 2.24) is 0 Å². The Hall–Kier alpha value is -0.583. The van der Waals surface area contributed by atoms with Gasteiger partial charge in [0, 0.05) is 11.6 Å². The molecule has 21 heavy (non-hydrogen) atoms. The lowest BCUT2D eigenvalue weighted by Crippen LogP contribution is -2.00. The number of nitro groups is 1. The van der Waals surface area contributed by atoms with Gasteiger partial charge in [0.25, 0.3) is 5.69 Å². The van der Waals surface area contributed by atoms with Gasteiger partial charge in [0.2, 0.25) is 0 Å². The van der Waals surface area contributed by atoms with Crippen LogP contribution in [0.3, 0.4) is 0 Å². The molecule has 0 atom stereocenters. The van der Waals surface area contributed by atoms with Crippen LogP contribution in [0.1, 0.15) is 44.1 Å². The van der Waals surface area contributed by atoms with Crippen molar-refractivity contribution in [2.24, 2.45) is 0 Å². The molecule has 0 bridgehead atoms. The summed E-state index contributed by atoms with van der Waals surface area (Å²) in [5.74, 6) is 0. The average molecular weight is 348 g/mol. The van der Waals surface area contributed by atoms with Crippen molar-refractivity contribution in [1.29, 1.82) is 0 Å². The second kappa shape index (κ2) is 11.0. The first-order chi connectivity index (χ1) is 10.1. The highest BCUT2D eigenvalue weighted by Gasteiger charge is 2.11. The molecular formula is C15H23Cl2NO2Si. The van der Waals surface area contributed by atoms with Crippen LogP contribution in [0.15, 0.2) is 24.3 Å². The van der Waals surface area contributed by atoms with Gasteiger partial charge in [0.1, 0.15) is 0 Å². The summed E-state index contributed by atoms with van der Waals surface area (Å²) in [4.78, 5) is 10.6. The molecule has 0 saturated carbocycles. The highest BCUT2D eigenvalue weighted by Crippen LogP contribution is 2.20. The summed E-state index contributed by atoms with van der Waals surface area (Å²) in [5, 5.41) is 10.9. The summed E-state index contributed by atoms with van der Waals surface area (Å²) in [5.41, 5.74) is 1.10. The van der Waals surface area contributed by atoms with Crippen molar-refractivity contribution in [2.75, 3.05) is 0 Å². The maximum absolute atomic E-state index is 10.9. The van der Waals surface area contributed by atoms with Crippen LogP contribution < -0.4 is 0 Å². The summed E-state index contributed by atoms with van der Waals surface area (Å²) >= 11 is 11.5. The minimum absolute atomic E-state index is 0.0911. The number of alkyl halides is 2. The highest BCUT2D eigenvalue weighted by atomic mass is 35.5. The molecule has 118 valence electrons. The zero-order valence-electron chi connectivity index (χ0n) is 12.3. The van der Waals surface area contributed by atoms with Crippen molar-refractivity contribution in [2.45, 2.75) is 55.4 Å². The molecule has 0 unspecified atom stereocenters. The molecule has 0 heterocycles. The minimum Gasteiger partial charge on any atom is -0.258 e. The number of nitrogens with zero attached hydrogens (tertiary/aromatic N) is 1. The normalized spacial score (nSPS) is 11.6. The third-order valence-electron chi connectivity index (χ3n) is 3.56. The van der Waals surface area contributed by atoms with Gasteiger partial charge >= 0.3 is 0 Å². The van der Waals surface area contributed by atoms with Gasteiger partial charge in [-0.1, -0.05) is 56.3 Å². The van der Waals surface area contributed by atoms with Gasteiger partial charge in [-0.2, -0.15) is 0 Å².